The van der Waals surface area contributed by atoms with Crippen molar-refractivity contribution in [2.75, 3.05) is 0 Å². The molecule has 0 amide bonds. The Labute approximate surface area is 69.1 Å². The Hall–Kier alpha value is -0.300. The second kappa shape index (κ2) is 3.40. The molecule has 0 spiro atoms. The lowest BCUT2D eigenvalue weighted by Crippen LogP contribution is -2.16. The summed E-state index contributed by atoms with van der Waals surface area (Å²) in [5, 5.41) is 9.68. The lowest BCUT2D eigenvalue weighted by atomic mass is 9.97. The largest absolute Gasteiger partial charge is 0.388 e. The summed E-state index contributed by atoms with van der Waals surface area (Å²) in [6, 6.07) is 0. The van der Waals surface area contributed by atoms with Gasteiger partial charge in [-0.3, -0.25) is 0 Å². The normalized spacial score (nSPS) is 27.4. The molecule has 64 valence electrons. The first-order chi connectivity index (χ1) is 5.11. The van der Waals surface area contributed by atoms with E-state index in [-0.39, 0.29) is 6.10 Å². The third kappa shape index (κ3) is 2.06. The monoisotopic (exact) mass is 154 g/mol. The van der Waals surface area contributed by atoms with Gasteiger partial charge in [-0.2, -0.15) is 0 Å². The SMILES string of the molecule is CC(C)[C@H](O)C1=CC[C@H](C)C1. The fourth-order valence-corrected chi connectivity index (χ4v) is 1.59. The lowest BCUT2D eigenvalue weighted by Gasteiger charge is -2.16. The first kappa shape index (κ1) is 8.79. The molecule has 2 atom stereocenters. The van der Waals surface area contributed by atoms with E-state index in [1.54, 1.807) is 0 Å². The third-order valence-electron chi connectivity index (χ3n) is 2.38. The molecule has 0 radical (unpaired) electrons. The minimum absolute atomic E-state index is 0.194. The van der Waals surface area contributed by atoms with Crippen LogP contribution in [0.25, 0.3) is 0 Å². The molecule has 0 aromatic carbocycles. The standard InChI is InChI=1S/C10H18O/c1-7(2)10(11)9-5-4-8(3)6-9/h5,7-8,10-11H,4,6H2,1-3H3/t8-,10-/m0/s1. The van der Waals surface area contributed by atoms with Crippen LogP contribution in [0.4, 0.5) is 0 Å². The predicted molar refractivity (Wildman–Crippen MR) is 47.3 cm³/mol. The first-order valence-corrected chi connectivity index (χ1v) is 4.48. The van der Waals surface area contributed by atoms with Crippen molar-refractivity contribution in [1.29, 1.82) is 0 Å². The van der Waals surface area contributed by atoms with Gasteiger partial charge in [0.05, 0.1) is 6.10 Å². The summed E-state index contributed by atoms with van der Waals surface area (Å²) in [7, 11) is 0. The summed E-state index contributed by atoms with van der Waals surface area (Å²) in [5.74, 6) is 1.12. The number of rotatable bonds is 2. The van der Waals surface area contributed by atoms with Gasteiger partial charge in [-0.15, -0.1) is 0 Å². The highest BCUT2D eigenvalue weighted by Crippen LogP contribution is 2.28. The van der Waals surface area contributed by atoms with Crippen molar-refractivity contribution >= 4 is 0 Å². The van der Waals surface area contributed by atoms with Gasteiger partial charge in [0.25, 0.3) is 0 Å². The van der Waals surface area contributed by atoms with E-state index in [0.717, 1.165) is 18.8 Å². The van der Waals surface area contributed by atoms with E-state index >= 15 is 0 Å². The summed E-state index contributed by atoms with van der Waals surface area (Å²) < 4.78 is 0. The van der Waals surface area contributed by atoms with Crippen LogP contribution in [0.1, 0.15) is 33.6 Å². The van der Waals surface area contributed by atoms with Crippen LogP contribution in [0.5, 0.6) is 0 Å². The van der Waals surface area contributed by atoms with E-state index in [9.17, 15) is 5.11 Å². The molecule has 1 aliphatic rings. The molecule has 0 saturated heterocycles. The van der Waals surface area contributed by atoms with E-state index in [1.807, 2.05) is 0 Å². The highest BCUT2D eigenvalue weighted by molar-refractivity contribution is 5.14. The van der Waals surface area contributed by atoms with Gasteiger partial charge < -0.3 is 5.11 Å². The summed E-state index contributed by atoms with van der Waals surface area (Å²) in [4.78, 5) is 0. The van der Waals surface area contributed by atoms with Gasteiger partial charge in [-0.25, -0.2) is 0 Å². The minimum Gasteiger partial charge on any atom is -0.388 e. The molecule has 11 heavy (non-hydrogen) atoms. The van der Waals surface area contributed by atoms with E-state index in [1.165, 1.54) is 5.57 Å². The van der Waals surface area contributed by atoms with E-state index in [2.05, 4.69) is 26.8 Å². The molecule has 0 fully saturated rings. The molecule has 0 heterocycles. The van der Waals surface area contributed by atoms with Crippen molar-refractivity contribution in [1.82, 2.24) is 0 Å². The Morgan fingerprint density at radius 1 is 1.55 bits per heavy atom. The third-order valence-corrected chi connectivity index (χ3v) is 2.38. The average molecular weight is 154 g/mol. The number of allylic oxidation sites excluding steroid dienone is 1. The highest BCUT2D eigenvalue weighted by Gasteiger charge is 2.20. The second-order valence-electron chi connectivity index (χ2n) is 4.01. The van der Waals surface area contributed by atoms with Crippen LogP contribution in [0.3, 0.4) is 0 Å². The maximum atomic E-state index is 9.68. The van der Waals surface area contributed by atoms with Gasteiger partial charge in [0.2, 0.25) is 0 Å². The Bertz CT molecular complexity index is 158. The van der Waals surface area contributed by atoms with Crippen LogP contribution in [-0.2, 0) is 0 Å². The Kier molecular flexibility index (Phi) is 2.72. The summed E-state index contributed by atoms with van der Waals surface area (Å²) in [6.45, 7) is 6.36. The van der Waals surface area contributed by atoms with Crippen molar-refractivity contribution in [3.05, 3.63) is 11.6 Å². The van der Waals surface area contributed by atoms with E-state index in [4.69, 9.17) is 0 Å². The van der Waals surface area contributed by atoms with Gasteiger partial charge in [0.1, 0.15) is 0 Å². The highest BCUT2D eigenvalue weighted by atomic mass is 16.3. The average Bonchev–Trinajstić information content (AvgIpc) is 2.34. The number of aliphatic hydroxyl groups is 1. The first-order valence-electron chi connectivity index (χ1n) is 4.48. The van der Waals surface area contributed by atoms with Crippen molar-refractivity contribution in [2.45, 2.75) is 39.7 Å². The zero-order chi connectivity index (χ0) is 8.43. The van der Waals surface area contributed by atoms with Gasteiger partial charge in [-0.1, -0.05) is 26.8 Å². The second-order valence-corrected chi connectivity index (χ2v) is 4.01. The molecule has 0 aromatic rings. The van der Waals surface area contributed by atoms with Crippen LogP contribution in [0.2, 0.25) is 0 Å². The number of aliphatic hydroxyl groups excluding tert-OH is 1. The van der Waals surface area contributed by atoms with Gasteiger partial charge >= 0.3 is 0 Å². The molecule has 0 aliphatic heterocycles. The van der Waals surface area contributed by atoms with Crippen molar-refractivity contribution in [3.63, 3.8) is 0 Å². The van der Waals surface area contributed by atoms with Crippen molar-refractivity contribution in [2.24, 2.45) is 11.8 Å². The molecule has 0 saturated carbocycles. The zero-order valence-electron chi connectivity index (χ0n) is 7.67. The Balaban J connectivity index is 2.49. The van der Waals surface area contributed by atoms with Crippen LogP contribution in [-0.4, -0.2) is 11.2 Å². The fraction of sp³-hybridized carbons (Fsp3) is 0.800. The molecular weight excluding hydrogens is 136 g/mol. The number of hydrogen-bond donors (Lipinski definition) is 1. The number of hydrogen-bond acceptors (Lipinski definition) is 1. The molecule has 1 heteroatoms. The fourth-order valence-electron chi connectivity index (χ4n) is 1.59. The smallest absolute Gasteiger partial charge is 0.0773 e. The molecule has 1 aliphatic carbocycles. The lowest BCUT2D eigenvalue weighted by molar-refractivity contribution is 0.156. The van der Waals surface area contributed by atoms with Crippen LogP contribution in [0.15, 0.2) is 11.6 Å². The molecule has 0 aromatic heterocycles. The Morgan fingerprint density at radius 2 is 2.18 bits per heavy atom. The van der Waals surface area contributed by atoms with Crippen molar-refractivity contribution in [3.8, 4) is 0 Å². The van der Waals surface area contributed by atoms with Gasteiger partial charge in [0, 0.05) is 0 Å². The maximum Gasteiger partial charge on any atom is 0.0773 e. The quantitative estimate of drug-likeness (QED) is 0.605. The molecular formula is C10H18O. The van der Waals surface area contributed by atoms with Crippen molar-refractivity contribution < 1.29 is 5.11 Å². The molecule has 1 nitrogen and oxygen atoms in total. The topological polar surface area (TPSA) is 20.2 Å². The summed E-state index contributed by atoms with van der Waals surface area (Å²) in [6.07, 6.45) is 4.26. The van der Waals surface area contributed by atoms with E-state index < -0.39 is 0 Å². The molecule has 0 unspecified atom stereocenters. The predicted octanol–water partition coefficient (Wildman–Crippen LogP) is 2.36. The maximum absolute atomic E-state index is 9.68. The van der Waals surface area contributed by atoms with Crippen LogP contribution in [0, 0.1) is 11.8 Å². The molecule has 1 N–H and O–H groups in total. The minimum atomic E-state index is -0.194. The Morgan fingerprint density at radius 3 is 2.55 bits per heavy atom. The summed E-state index contributed by atoms with van der Waals surface area (Å²) >= 11 is 0. The van der Waals surface area contributed by atoms with E-state index in [0.29, 0.717) is 5.92 Å². The molecule has 0 bridgehead atoms. The van der Waals surface area contributed by atoms with Crippen LogP contribution < -0.4 is 0 Å². The van der Waals surface area contributed by atoms with Crippen LogP contribution >= 0.6 is 0 Å². The van der Waals surface area contributed by atoms with Gasteiger partial charge in [0.15, 0.2) is 0 Å². The van der Waals surface area contributed by atoms with Gasteiger partial charge in [-0.05, 0) is 30.3 Å². The molecule has 1 rings (SSSR count). The zero-order valence-corrected chi connectivity index (χ0v) is 7.67. The summed E-state index contributed by atoms with van der Waals surface area (Å²) in [5.41, 5.74) is 1.26.